The van der Waals surface area contributed by atoms with E-state index in [0.29, 0.717) is 5.92 Å². The predicted molar refractivity (Wildman–Crippen MR) is 52.3 cm³/mol. The average molecular weight is 180 g/mol. The molecule has 1 heteroatoms. The van der Waals surface area contributed by atoms with Gasteiger partial charge in [0.25, 0.3) is 0 Å². The molecule has 0 aromatic heterocycles. The lowest BCUT2D eigenvalue weighted by Gasteiger charge is -2.58. The van der Waals surface area contributed by atoms with E-state index in [1.165, 1.54) is 25.7 Å². The molecule has 0 radical (unpaired) electrons. The van der Waals surface area contributed by atoms with Crippen molar-refractivity contribution in [1.82, 2.24) is 0 Å². The molecule has 4 fully saturated rings. The summed E-state index contributed by atoms with van der Waals surface area (Å²) in [6.07, 6.45) is 6.44. The van der Waals surface area contributed by atoms with E-state index in [2.05, 4.69) is 13.8 Å². The molecule has 4 saturated carbocycles. The van der Waals surface area contributed by atoms with Crippen LogP contribution in [-0.4, -0.2) is 10.7 Å². The first kappa shape index (κ1) is 8.28. The van der Waals surface area contributed by atoms with Crippen LogP contribution in [0.3, 0.4) is 0 Å². The summed E-state index contributed by atoms with van der Waals surface area (Å²) >= 11 is 0. The van der Waals surface area contributed by atoms with Gasteiger partial charge in [0.2, 0.25) is 0 Å². The summed E-state index contributed by atoms with van der Waals surface area (Å²) < 4.78 is 0. The summed E-state index contributed by atoms with van der Waals surface area (Å²) in [5, 5.41) is 10.7. The van der Waals surface area contributed by atoms with Crippen molar-refractivity contribution in [2.24, 2.45) is 23.2 Å². The standard InChI is InChI=1S/C12H20O/c1-11(2)9-3-4-10-8(7-9)5-6-12(10,11)13/h8-10,13H,3-7H2,1-2H3. The molecule has 0 aromatic carbocycles. The van der Waals surface area contributed by atoms with E-state index in [-0.39, 0.29) is 11.0 Å². The first-order valence-corrected chi connectivity index (χ1v) is 5.78. The van der Waals surface area contributed by atoms with Gasteiger partial charge in [-0.1, -0.05) is 13.8 Å². The fraction of sp³-hybridized carbons (Fsp3) is 1.00. The zero-order valence-electron chi connectivity index (χ0n) is 8.71. The van der Waals surface area contributed by atoms with Gasteiger partial charge in [-0.15, -0.1) is 0 Å². The molecule has 4 rings (SSSR count). The van der Waals surface area contributed by atoms with Crippen molar-refractivity contribution >= 4 is 0 Å². The Balaban J connectivity index is 2.10. The fourth-order valence-corrected chi connectivity index (χ4v) is 4.61. The Labute approximate surface area is 80.5 Å². The quantitative estimate of drug-likeness (QED) is 0.607. The molecule has 0 heterocycles. The number of fused-ring (bicyclic) bond motifs is 1. The molecule has 4 unspecified atom stereocenters. The van der Waals surface area contributed by atoms with Gasteiger partial charge >= 0.3 is 0 Å². The second-order valence-electron chi connectivity index (χ2n) is 6.06. The topological polar surface area (TPSA) is 20.2 Å². The van der Waals surface area contributed by atoms with E-state index in [0.717, 1.165) is 18.3 Å². The summed E-state index contributed by atoms with van der Waals surface area (Å²) in [5.41, 5.74) is -0.0955. The van der Waals surface area contributed by atoms with Gasteiger partial charge in [0.05, 0.1) is 5.60 Å². The Morgan fingerprint density at radius 1 is 1.15 bits per heavy atom. The normalized spacial score (nSPS) is 57.0. The maximum Gasteiger partial charge on any atom is 0.0731 e. The molecule has 0 amide bonds. The number of aliphatic hydroxyl groups is 1. The molecule has 0 aliphatic heterocycles. The lowest BCUT2D eigenvalue weighted by Crippen LogP contribution is -2.59. The number of rotatable bonds is 0. The first-order chi connectivity index (χ1) is 6.06. The fourth-order valence-electron chi connectivity index (χ4n) is 4.61. The highest BCUT2D eigenvalue weighted by molar-refractivity contribution is 5.14. The van der Waals surface area contributed by atoms with Gasteiger partial charge in [-0.05, 0) is 55.3 Å². The Morgan fingerprint density at radius 3 is 2.62 bits per heavy atom. The third-order valence-electron chi connectivity index (χ3n) is 5.63. The second kappa shape index (κ2) is 2.13. The van der Waals surface area contributed by atoms with Gasteiger partial charge in [0.1, 0.15) is 0 Å². The highest BCUT2D eigenvalue weighted by atomic mass is 16.3. The van der Waals surface area contributed by atoms with E-state index in [1.54, 1.807) is 0 Å². The molecule has 0 spiro atoms. The van der Waals surface area contributed by atoms with E-state index in [1.807, 2.05) is 0 Å². The van der Waals surface area contributed by atoms with Crippen LogP contribution >= 0.6 is 0 Å². The van der Waals surface area contributed by atoms with Crippen molar-refractivity contribution in [3.05, 3.63) is 0 Å². The highest BCUT2D eigenvalue weighted by Crippen LogP contribution is 2.66. The van der Waals surface area contributed by atoms with Crippen LogP contribution in [0, 0.1) is 23.2 Å². The third-order valence-corrected chi connectivity index (χ3v) is 5.63. The molecule has 0 aromatic rings. The van der Waals surface area contributed by atoms with Gasteiger partial charge in [-0.25, -0.2) is 0 Å². The van der Waals surface area contributed by atoms with Crippen LogP contribution in [0.5, 0.6) is 0 Å². The van der Waals surface area contributed by atoms with E-state index >= 15 is 0 Å². The maximum atomic E-state index is 10.7. The van der Waals surface area contributed by atoms with Crippen LogP contribution in [0.25, 0.3) is 0 Å². The third kappa shape index (κ3) is 0.743. The minimum atomic E-state index is -0.293. The molecule has 4 aliphatic rings. The Morgan fingerprint density at radius 2 is 1.92 bits per heavy atom. The maximum absolute atomic E-state index is 10.7. The van der Waals surface area contributed by atoms with Crippen LogP contribution in [0.2, 0.25) is 0 Å². The Hall–Kier alpha value is -0.0400. The Bertz CT molecular complexity index is 246. The molecule has 4 atom stereocenters. The molecule has 4 bridgehead atoms. The monoisotopic (exact) mass is 180 g/mol. The molecular weight excluding hydrogens is 160 g/mol. The van der Waals surface area contributed by atoms with Gasteiger partial charge < -0.3 is 5.11 Å². The van der Waals surface area contributed by atoms with E-state index in [4.69, 9.17) is 0 Å². The minimum Gasteiger partial charge on any atom is -0.389 e. The SMILES string of the molecule is CC1(C)C2CCC3C(CCC31O)C2. The number of hydrogen-bond acceptors (Lipinski definition) is 1. The van der Waals surface area contributed by atoms with Gasteiger partial charge in [-0.2, -0.15) is 0 Å². The summed E-state index contributed by atoms with van der Waals surface area (Å²) in [5.74, 6) is 2.32. The molecule has 1 nitrogen and oxygen atoms in total. The van der Waals surface area contributed by atoms with Crippen molar-refractivity contribution in [3.8, 4) is 0 Å². The first-order valence-electron chi connectivity index (χ1n) is 5.78. The van der Waals surface area contributed by atoms with Crippen molar-refractivity contribution in [2.45, 2.75) is 51.6 Å². The molecule has 4 aliphatic carbocycles. The zero-order chi connectivity index (χ0) is 9.27. The molecule has 13 heavy (non-hydrogen) atoms. The smallest absolute Gasteiger partial charge is 0.0731 e. The second-order valence-corrected chi connectivity index (χ2v) is 6.06. The predicted octanol–water partition coefficient (Wildman–Crippen LogP) is 2.58. The van der Waals surface area contributed by atoms with E-state index in [9.17, 15) is 5.11 Å². The lowest BCUT2D eigenvalue weighted by molar-refractivity contribution is -0.185. The van der Waals surface area contributed by atoms with Crippen LogP contribution in [-0.2, 0) is 0 Å². The van der Waals surface area contributed by atoms with Crippen LogP contribution in [0.15, 0.2) is 0 Å². The van der Waals surface area contributed by atoms with Crippen molar-refractivity contribution in [2.75, 3.05) is 0 Å². The van der Waals surface area contributed by atoms with Crippen molar-refractivity contribution in [1.29, 1.82) is 0 Å². The average Bonchev–Trinajstić information content (AvgIpc) is 2.40. The summed E-state index contributed by atoms with van der Waals surface area (Å²) in [7, 11) is 0. The summed E-state index contributed by atoms with van der Waals surface area (Å²) in [4.78, 5) is 0. The zero-order valence-corrected chi connectivity index (χ0v) is 8.71. The largest absolute Gasteiger partial charge is 0.389 e. The van der Waals surface area contributed by atoms with Crippen LogP contribution in [0.1, 0.15) is 46.0 Å². The summed E-state index contributed by atoms with van der Waals surface area (Å²) in [6.45, 7) is 4.59. The van der Waals surface area contributed by atoms with Crippen molar-refractivity contribution < 1.29 is 5.11 Å². The van der Waals surface area contributed by atoms with E-state index < -0.39 is 0 Å². The lowest BCUT2D eigenvalue weighted by atomic mass is 9.49. The molecule has 74 valence electrons. The molecule has 1 N–H and O–H groups in total. The minimum absolute atomic E-state index is 0.197. The van der Waals surface area contributed by atoms with Gasteiger partial charge in [-0.3, -0.25) is 0 Å². The van der Waals surface area contributed by atoms with Gasteiger partial charge in [0.15, 0.2) is 0 Å². The van der Waals surface area contributed by atoms with Crippen LogP contribution < -0.4 is 0 Å². The van der Waals surface area contributed by atoms with Gasteiger partial charge in [0, 0.05) is 0 Å². The Kier molecular flexibility index (Phi) is 1.36. The molecule has 0 saturated heterocycles. The molecular formula is C12H20O. The van der Waals surface area contributed by atoms with Crippen LogP contribution in [0.4, 0.5) is 0 Å². The number of hydrogen-bond donors (Lipinski definition) is 1. The van der Waals surface area contributed by atoms with Crippen molar-refractivity contribution in [3.63, 3.8) is 0 Å². The highest BCUT2D eigenvalue weighted by Gasteiger charge is 2.64. The summed E-state index contributed by atoms with van der Waals surface area (Å²) in [6, 6.07) is 0.